The summed E-state index contributed by atoms with van der Waals surface area (Å²) >= 11 is 24.4. The van der Waals surface area contributed by atoms with E-state index in [1.165, 1.54) is 0 Å². The number of hydrogen-bond acceptors (Lipinski definition) is 4. The summed E-state index contributed by atoms with van der Waals surface area (Å²) < 4.78 is 0. The zero-order valence-corrected chi connectivity index (χ0v) is 13.9. The topological polar surface area (TPSA) is 13.0 Å². The minimum Gasteiger partial charge on any atom is -0.345 e. The summed E-state index contributed by atoms with van der Waals surface area (Å²) in [5.74, 6) is 0. The minimum absolute atomic E-state index is 0.601. The minimum atomic E-state index is 0.601. The van der Waals surface area contributed by atoms with Gasteiger partial charge < -0.3 is 19.6 Å². The molecule has 19 heavy (non-hydrogen) atoms. The molecule has 0 bridgehead atoms. The van der Waals surface area contributed by atoms with E-state index in [1.54, 1.807) is 0 Å². The third kappa shape index (κ3) is 3.13. The fraction of sp³-hybridized carbons (Fsp3) is 0.636. The normalized spacial score (nSPS) is 20.5. The molecule has 0 N–H and O–H groups in total. The van der Waals surface area contributed by atoms with Gasteiger partial charge in [0.1, 0.15) is 20.6 Å². The maximum absolute atomic E-state index is 6.15. The Morgan fingerprint density at radius 2 is 1.11 bits per heavy atom. The summed E-state index contributed by atoms with van der Waals surface area (Å²) in [6, 6.07) is 0. The van der Waals surface area contributed by atoms with Crippen LogP contribution in [0.5, 0.6) is 0 Å². The molecule has 0 unspecified atom stereocenters. The summed E-state index contributed by atoms with van der Waals surface area (Å²) in [6.45, 7) is 3.12. The lowest BCUT2D eigenvalue weighted by Crippen LogP contribution is -2.30. The lowest BCUT2D eigenvalue weighted by Gasteiger charge is -2.23. The van der Waals surface area contributed by atoms with E-state index >= 15 is 0 Å². The molecule has 0 aromatic carbocycles. The van der Waals surface area contributed by atoms with Crippen LogP contribution in [0.25, 0.3) is 0 Å². The van der Waals surface area contributed by atoms with Crippen molar-refractivity contribution in [3.63, 3.8) is 0 Å². The second-order valence-electron chi connectivity index (χ2n) is 4.72. The van der Waals surface area contributed by atoms with Crippen molar-refractivity contribution >= 4 is 46.4 Å². The van der Waals surface area contributed by atoms with Crippen molar-refractivity contribution in [2.75, 3.05) is 40.5 Å². The SMILES string of the molecule is CN1CN(CCCN2CN(C)C(Cl)=C2Cl)C(Cl)=C1Cl. The Balaban J connectivity index is 1.80. The molecule has 8 heteroatoms. The van der Waals surface area contributed by atoms with Crippen LogP contribution in [0, 0.1) is 0 Å². The first-order valence-electron chi connectivity index (χ1n) is 5.94. The molecule has 2 rings (SSSR count). The van der Waals surface area contributed by atoms with Gasteiger partial charge in [-0.1, -0.05) is 46.4 Å². The largest absolute Gasteiger partial charge is 0.345 e. The van der Waals surface area contributed by atoms with E-state index in [0.29, 0.717) is 20.6 Å². The van der Waals surface area contributed by atoms with Gasteiger partial charge >= 0.3 is 0 Å². The fourth-order valence-electron chi connectivity index (χ4n) is 2.13. The molecule has 0 spiro atoms. The maximum atomic E-state index is 6.15. The van der Waals surface area contributed by atoms with E-state index in [-0.39, 0.29) is 0 Å². The average Bonchev–Trinajstić information content (AvgIpc) is 2.76. The van der Waals surface area contributed by atoms with E-state index < -0.39 is 0 Å². The Labute approximate surface area is 133 Å². The first-order valence-corrected chi connectivity index (χ1v) is 7.45. The van der Waals surface area contributed by atoms with Crippen molar-refractivity contribution in [2.45, 2.75) is 6.42 Å². The van der Waals surface area contributed by atoms with Gasteiger partial charge in [-0.3, -0.25) is 0 Å². The van der Waals surface area contributed by atoms with E-state index in [1.807, 2.05) is 33.7 Å². The van der Waals surface area contributed by atoms with E-state index in [9.17, 15) is 0 Å². The zero-order valence-electron chi connectivity index (χ0n) is 10.8. The number of nitrogens with zero attached hydrogens (tertiary/aromatic N) is 4. The molecule has 0 saturated carbocycles. The standard InChI is InChI=1S/C11H16Cl4N4/c1-16-6-18(10(14)8(16)12)4-3-5-19-7-17(2)9(13)11(19)15/h3-7H2,1-2H3. The van der Waals surface area contributed by atoms with Crippen LogP contribution in [0.1, 0.15) is 6.42 Å². The van der Waals surface area contributed by atoms with E-state index in [2.05, 4.69) is 0 Å². The van der Waals surface area contributed by atoms with Gasteiger partial charge in [0, 0.05) is 27.2 Å². The maximum Gasteiger partial charge on any atom is 0.141 e. The van der Waals surface area contributed by atoms with Crippen LogP contribution < -0.4 is 0 Å². The molecule has 0 amide bonds. The van der Waals surface area contributed by atoms with Gasteiger partial charge in [0.2, 0.25) is 0 Å². The summed E-state index contributed by atoms with van der Waals surface area (Å²) in [5.41, 5.74) is 0. The van der Waals surface area contributed by atoms with Crippen LogP contribution in [-0.2, 0) is 0 Å². The van der Waals surface area contributed by atoms with Crippen molar-refractivity contribution in [3.8, 4) is 0 Å². The Morgan fingerprint density at radius 1 is 0.737 bits per heavy atom. The van der Waals surface area contributed by atoms with Crippen molar-refractivity contribution < 1.29 is 0 Å². The highest BCUT2D eigenvalue weighted by Crippen LogP contribution is 2.30. The molecule has 0 radical (unpaired) electrons. The molecule has 0 aliphatic carbocycles. The van der Waals surface area contributed by atoms with Crippen molar-refractivity contribution in [1.82, 2.24) is 19.6 Å². The van der Waals surface area contributed by atoms with Crippen molar-refractivity contribution in [3.05, 3.63) is 20.6 Å². The monoisotopic (exact) mass is 344 g/mol. The molecule has 2 aliphatic heterocycles. The van der Waals surface area contributed by atoms with Crippen LogP contribution in [0.3, 0.4) is 0 Å². The van der Waals surface area contributed by atoms with Gasteiger partial charge in [-0.15, -0.1) is 0 Å². The summed E-state index contributed by atoms with van der Waals surface area (Å²) in [5, 5.41) is 2.43. The second-order valence-corrected chi connectivity index (χ2v) is 6.15. The summed E-state index contributed by atoms with van der Waals surface area (Å²) in [6.07, 6.45) is 0.933. The summed E-state index contributed by atoms with van der Waals surface area (Å²) in [4.78, 5) is 7.92. The number of halogens is 4. The lowest BCUT2D eigenvalue weighted by atomic mass is 10.4. The third-order valence-corrected chi connectivity index (χ3v) is 5.15. The Hall–Kier alpha value is -0.160. The second kappa shape index (κ2) is 6.08. The number of hydrogen-bond donors (Lipinski definition) is 0. The molecule has 0 saturated heterocycles. The first kappa shape index (κ1) is 15.2. The van der Waals surface area contributed by atoms with E-state index in [4.69, 9.17) is 46.4 Å². The predicted molar refractivity (Wildman–Crippen MR) is 80.8 cm³/mol. The molecule has 0 fully saturated rings. The van der Waals surface area contributed by atoms with Gasteiger partial charge in [-0.25, -0.2) is 0 Å². The molecule has 108 valence electrons. The average molecular weight is 346 g/mol. The molecule has 0 atom stereocenters. The van der Waals surface area contributed by atoms with Crippen LogP contribution >= 0.6 is 46.4 Å². The smallest absolute Gasteiger partial charge is 0.141 e. The third-order valence-electron chi connectivity index (χ3n) is 3.19. The van der Waals surface area contributed by atoms with Gasteiger partial charge in [0.05, 0.1) is 13.3 Å². The predicted octanol–water partition coefficient (Wildman–Crippen LogP) is 2.99. The highest BCUT2D eigenvalue weighted by molar-refractivity contribution is 6.39. The molecule has 2 heterocycles. The van der Waals surface area contributed by atoms with Gasteiger partial charge in [-0.05, 0) is 6.42 Å². The lowest BCUT2D eigenvalue weighted by molar-refractivity contribution is 0.250. The molecule has 0 aromatic rings. The quantitative estimate of drug-likeness (QED) is 0.726. The van der Waals surface area contributed by atoms with Crippen LogP contribution in [-0.4, -0.2) is 60.1 Å². The Kier molecular flexibility index (Phi) is 4.88. The first-order chi connectivity index (χ1) is 8.91. The van der Waals surface area contributed by atoms with Gasteiger partial charge in [0.15, 0.2) is 0 Å². The fourth-order valence-corrected chi connectivity index (χ4v) is 3.04. The van der Waals surface area contributed by atoms with Gasteiger partial charge in [0.25, 0.3) is 0 Å². The molecular weight excluding hydrogens is 330 g/mol. The molecular formula is C11H16Cl4N4. The van der Waals surface area contributed by atoms with Crippen LogP contribution in [0.15, 0.2) is 20.6 Å². The molecule has 4 nitrogen and oxygen atoms in total. The van der Waals surface area contributed by atoms with Gasteiger partial charge in [-0.2, -0.15) is 0 Å². The summed E-state index contributed by atoms with van der Waals surface area (Å²) in [7, 11) is 3.83. The van der Waals surface area contributed by atoms with E-state index in [0.717, 1.165) is 32.8 Å². The zero-order chi connectivity index (χ0) is 14.2. The highest BCUT2D eigenvalue weighted by atomic mass is 35.5. The van der Waals surface area contributed by atoms with Crippen LogP contribution in [0.4, 0.5) is 0 Å². The van der Waals surface area contributed by atoms with Crippen LogP contribution in [0.2, 0.25) is 0 Å². The Bertz CT molecular complexity index is 385. The van der Waals surface area contributed by atoms with Crippen molar-refractivity contribution in [1.29, 1.82) is 0 Å². The molecule has 0 aromatic heterocycles. The van der Waals surface area contributed by atoms with Crippen molar-refractivity contribution in [2.24, 2.45) is 0 Å². The number of rotatable bonds is 4. The highest BCUT2D eigenvalue weighted by Gasteiger charge is 2.26. The Morgan fingerprint density at radius 3 is 1.37 bits per heavy atom. The molecule has 2 aliphatic rings.